The molecule has 1 saturated heterocycles. The Morgan fingerprint density at radius 3 is 2.37 bits per heavy atom. The predicted octanol–water partition coefficient (Wildman–Crippen LogP) is 2.48. The third-order valence-electron chi connectivity index (χ3n) is 6.41. The van der Waals surface area contributed by atoms with E-state index in [9.17, 15) is 9.00 Å². The summed E-state index contributed by atoms with van der Waals surface area (Å²) in [6, 6.07) is 3.84. The van der Waals surface area contributed by atoms with Crippen LogP contribution in [-0.2, 0) is 26.7 Å². The van der Waals surface area contributed by atoms with E-state index < -0.39 is 29.1 Å². The fraction of sp³-hybridized carbons (Fsp3) is 0.650. The number of amides is 1. The van der Waals surface area contributed by atoms with E-state index in [4.69, 9.17) is 9.31 Å². The Balaban J connectivity index is 1.65. The minimum Gasteiger partial charge on any atom is -0.399 e. The van der Waals surface area contributed by atoms with E-state index in [1.54, 1.807) is 6.26 Å². The number of hydrogen-bond donors (Lipinski definition) is 0. The van der Waals surface area contributed by atoms with Crippen molar-refractivity contribution in [2.75, 3.05) is 12.8 Å². The second kappa shape index (κ2) is 6.43. The van der Waals surface area contributed by atoms with Gasteiger partial charge in [-0.3, -0.25) is 9.00 Å². The van der Waals surface area contributed by atoms with E-state index in [1.807, 2.05) is 44.7 Å². The van der Waals surface area contributed by atoms with Gasteiger partial charge in [-0.2, -0.15) is 0 Å². The van der Waals surface area contributed by atoms with Gasteiger partial charge in [0.25, 0.3) is 5.91 Å². The van der Waals surface area contributed by atoms with Gasteiger partial charge in [0.2, 0.25) is 0 Å². The van der Waals surface area contributed by atoms with Gasteiger partial charge >= 0.3 is 7.12 Å². The second-order valence-corrected chi connectivity index (χ2v) is 10.4. The average Bonchev–Trinajstić information content (AvgIpc) is 3.30. The van der Waals surface area contributed by atoms with Crippen LogP contribution in [0.25, 0.3) is 0 Å². The molecule has 1 aliphatic carbocycles. The van der Waals surface area contributed by atoms with Crippen LogP contribution in [0.1, 0.15) is 62.9 Å². The van der Waals surface area contributed by atoms with Crippen LogP contribution in [0, 0.1) is 5.92 Å². The lowest BCUT2D eigenvalue weighted by molar-refractivity contribution is 0.00578. The number of carbonyl (C=O) groups is 1. The molecule has 0 N–H and O–H groups in total. The molecular formula is C20H28BNO4S. The molecule has 0 aromatic heterocycles. The molecule has 0 spiro atoms. The predicted molar refractivity (Wildman–Crippen MR) is 107 cm³/mol. The molecule has 4 rings (SSSR count). The van der Waals surface area contributed by atoms with Gasteiger partial charge in [0, 0.05) is 19.3 Å². The molecule has 1 aromatic carbocycles. The molecule has 2 heterocycles. The first-order valence-corrected chi connectivity index (χ1v) is 11.3. The zero-order chi connectivity index (χ0) is 19.6. The van der Waals surface area contributed by atoms with Crippen LogP contribution < -0.4 is 5.46 Å². The Kier molecular flexibility index (Phi) is 4.56. The van der Waals surface area contributed by atoms with Gasteiger partial charge in [-0.05, 0) is 57.1 Å². The summed E-state index contributed by atoms with van der Waals surface area (Å²) in [6.45, 7) is 9.42. The Morgan fingerprint density at radius 1 is 1.19 bits per heavy atom. The number of carbonyl (C=O) groups excluding carboxylic acids is 1. The number of rotatable bonds is 5. The fourth-order valence-electron chi connectivity index (χ4n) is 3.77. The minimum absolute atomic E-state index is 0.0105. The highest BCUT2D eigenvalue weighted by atomic mass is 32.2. The van der Waals surface area contributed by atoms with Gasteiger partial charge in [-0.15, -0.1) is 0 Å². The smallest absolute Gasteiger partial charge is 0.399 e. The summed E-state index contributed by atoms with van der Waals surface area (Å²) in [7, 11) is -1.77. The van der Waals surface area contributed by atoms with Crippen LogP contribution in [0.5, 0.6) is 0 Å². The minimum atomic E-state index is -1.25. The summed E-state index contributed by atoms with van der Waals surface area (Å²) in [4.78, 5) is 15.4. The van der Waals surface area contributed by atoms with Crippen LogP contribution in [0.4, 0.5) is 0 Å². The molecular weight excluding hydrogens is 361 g/mol. The van der Waals surface area contributed by atoms with Crippen LogP contribution in [-0.4, -0.2) is 46.1 Å². The highest BCUT2D eigenvalue weighted by Crippen LogP contribution is 2.38. The summed E-state index contributed by atoms with van der Waals surface area (Å²) in [5, 5.41) is 0. The highest BCUT2D eigenvalue weighted by molar-refractivity contribution is 7.84. The molecule has 2 aliphatic heterocycles. The maximum atomic E-state index is 12.9. The van der Waals surface area contributed by atoms with Crippen molar-refractivity contribution in [3.05, 3.63) is 23.3 Å². The summed E-state index contributed by atoms with van der Waals surface area (Å²) in [5.74, 6) is 0.790. The Hall–Kier alpha value is -1.18. The van der Waals surface area contributed by atoms with Gasteiger partial charge < -0.3 is 14.2 Å². The van der Waals surface area contributed by atoms with Crippen LogP contribution in [0.3, 0.4) is 0 Å². The molecule has 7 heteroatoms. The van der Waals surface area contributed by atoms with E-state index in [-0.39, 0.29) is 5.91 Å². The first-order valence-electron chi connectivity index (χ1n) is 9.74. The van der Waals surface area contributed by atoms with Crippen molar-refractivity contribution < 1.29 is 18.3 Å². The Morgan fingerprint density at radius 2 is 1.81 bits per heavy atom. The van der Waals surface area contributed by atoms with E-state index >= 15 is 0 Å². The molecule has 0 radical (unpaired) electrons. The number of fused-ring (bicyclic) bond motifs is 1. The van der Waals surface area contributed by atoms with Crippen LogP contribution >= 0.6 is 0 Å². The zero-order valence-corrected chi connectivity index (χ0v) is 17.6. The lowest BCUT2D eigenvalue weighted by Crippen LogP contribution is -2.41. The quantitative estimate of drug-likeness (QED) is 0.727. The topological polar surface area (TPSA) is 55.8 Å². The normalized spacial score (nSPS) is 24.4. The first-order chi connectivity index (χ1) is 12.6. The Bertz CT molecular complexity index is 802. The maximum Gasteiger partial charge on any atom is 0.494 e. The van der Waals surface area contributed by atoms with Crippen LogP contribution in [0.15, 0.2) is 17.0 Å². The maximum absolute atomic E-state index is 12.9. The monoisotopic (exact) mass is 389 g/mol. The van der Waals surface area contributed by atoms with E-state index in [0.717, 1.165) is 29.9 Å². The molecule has 1 atom stereocenters. The standard InChI is InChI=1S/C20H28BNO4S/c1-19(2)20(3,4)26-21(25-19)15-10-14-12-22(9-8-13-6-7-13)18(23)17(14)16(11-15)27(5)24/h10-11,13H,6-9,12H2,1-5H3/t27-/m0/s1. The molecule has 2 fully saturated rings. The summed E-state index contributed by atoms with van der Waals surface area (Å²) < 4.78 is 24.7. The zero-order valence-electron chi connectivity index (χ0n) is 16.8. The van der Waals surface area contributed by atoms with E-state index in [1.165, 1.54) is 12.8 Å². The third-order valence-corrected chi connectivity index (χ3v) is 7.35. The van der Waals surface area contributed by atoms with Gasteiger partial charge in [0.15, 0.2) is 0 Å². The molecule has 5 nitrogen and oxygen atoms in total. The van der Waals surface area contributed by atoms with Crippen molar-refractivity contribution in [1.82, 2.24) is 4.90 Å². The molecule has 146 valence electrons. The van der Waals surface area contributed by atoms with Crippen molar-refractivity contribution >= 4 is 29.3 Å². The molecule has 0 unspecified atom stereocenters. The van der Waals surface area contributed by atoms with Crippen molar-refractivity contribution in [3.8, 4) is 0 Å². The molecule has 3 aliphatic rings. The molecule has 1 amide bonds. The highest BCUT2D eigenvalue weighted by Gasteiger charge is 2.52. The van der Waals surface area contributed by atoms with E-state index in [0.29, 0.717) is 17.0 Å². The number of hydrogen-bond acceptors (Lipinski definition) is 4. The molecule has 27 heavy (non-hydrogen) atoms. The van der Waals surface area contributed by atoms with Crippen molar-refractivity contribution in [2.45, 2.75) is 69.6 Å². The SMILES string of the molecule is C[S@](=O)c1cc(B2OC(C)(C)C(C)(C)O2)cc2c1C(=O)N(CCC1CC1)C2. The molecule has 0 bridgehead atoms. The number of nitrogens with zero attached hydrogens (tertiary/aromatic N) is 1. The van der Waals surface area contributed by atoms with Gasteiger partial charge in [-0.1, -0.05) is 18.9 Å². The van der Waals surface area contributed by atoms with Gasteiger partial charge in [0.05, 0.1) is 32.5 Å². The summed E-state index contributed by atoms with van der Waals surface area (Å²) in [6.07, 6.45) is 5.26. The molecule has 1 saturated carbocycles. The molecule has 1 aromatic rings. The fourth-order valence-corrected chi connectivity index (χ4v) is 4.58. The lowest BCUT2D eigenvalue weighted by atomic mass is 9.78. The van der Waals surface area contributed by atoms with Gasteiger partial charge in [0.1, 0.15) is 0 Å². The van der Waals surface area contributed by atoms with Crippen LogP contribution in [0.2, 0.25) is 0 Å². The lowest BCUT2D eigenvalue weighted by Gasteiger charge is -2.32. The van der Waals surface area contributed by atoms with Crippen molar-refractivity contribution in [1.29, 1.82) is 0 Å². The first kappa shape index (κ1) is 19.2. The van der Waals surface area contributed by atoms with Gasteiger partial charge in [-0.25, -0.2) is 0 Å². The Labute approximate surface area is 164 Å². The largest absolute Gasteiger partial charge is 0.494 e. The second-order valence-electron chi connectivity index (χ2n) is 9.05. The van der Waals surface area contributed by atoms with E-state index in [2.05, 4.69) is 0 Å². The summed E-state index contributed by atoms with van der Waals surface area (Å²) >= 11 is 0. The van der Waals surface area contributed by atoms with Crippen molar-refractivity contribution in [2.24, 2.45) is 5.92 Å². The average molecular weight is 389 g/mol. The third kappa shape index (κ3) is 3.38. The number of benzene rings is 1. The van der Waals surface area contributed by atoms with Crippen molar-refractivity contribution in [3.63, 3.8) is 0 Å². The summed E-state index contributed by atoms with van der Waals surface area (Å²) in [5.41, 5.74) is 1.53.